The van der Waals surface area contributed by atoms with Gasteiger partial charge in [0.1, 0.15) is 5.82 Å². The molecule has 1 aromatic carbocycles. The standard InChI is InChI=1S/C16H23ClFN/c1-16(2)9-5-7-12(16)14(19-3)10-11-6-4-8-13(17)15(11)18/h4,6,8,12,14,19H,5,7,9-10H2,1-3H3. The second kappa shape index (κ2) is 5.80. The third-order valence-electron chi connectivity index (χ3n) is 4.67. The normalized spacial score (nSPS) is 23.5. The van der Waals surface area contributed by atoms with E-state index in [4.69, 9.17) is 11.6 Å². The maximum absolute atomic E-state index is 14.0. The molecule has 0 heterocycles. The molecule has 1 aliphatic carbocycles. The van der Waals surface area contributed by atoms with Crippen molar-refractivity contribution in [3.8, 4) is 0 Å². The molecular formula is C16H23ClFN. The Bertz CT molecular complexity index is 444. The molecule has 1 aliphatic rings. The van der Waals surface area contributed by atoms with Gasteiger partial charge in [0.25, 0.3) is 0 Å². The zero-order chi connectivity index (χ0) is 14.0. The SMILES string of the molecule is CNC(Cc1cccc(Cl)c1F)C1CCCC1(C)C. The lowest BCUT2D eigenvalue weighted by atomic mass is 9.76. The Morgan fingerprint density at radius 1 is 1.47 bits per heavy atom. The molecule has 0 aliphatic heterocycles. The summed E-state index contributed by atoms with van der Waals surface area (Å²) in [5.74, 6) is 0.330. The first-order valence-corrected chi connectivity index (χ1v) is 7.43. The van der Waals surface area contributed by atoms with E-state index in [-0.39, 0.29) is 10.8 Å². The van der Waals surface area contributed by atoms with Gasteiger partial charge in [0, 0.05) is 6.04 Å². The van der Waals surface area contributed by atoms with E-state index >= 15 is 0 Å². The van der Waals surface area contributed by atoms with Crippen LogP contribution < -0.4 is 5.32 Å². The van der Waals surface area contributed by atoms with Gasteiger partial charge in [-0.2, -0.15) is 0 Å². The Morgan fingerprint density at radius 3 is 2.79 bits per heavy atom. The minimum Gasteiger partial charge on any atom is -0.316 e. The molecule has 2 rings (SSSR count). The fraction of sp³-hybridized carbons (Fsp3) is 0.625. The molecule has 0 bridgehead atoms. The third-order valence-corrected chi connectivity index (χ3v) is 4.96. The minimum atomic E-state index is -0.264. The van der Waals surface area contributed by atoms with Crippen LogP contribution in [0.5, 0.6) is 0 Å². The van der Waals surface area contributed by atoms with Crippen molar-refractivity contribution < 1.29 is 4.39 Å². The largest absolute Gasteiger partial charge is 0.316 e. The van der Waals surface area contributed by atoms with E-state index in [2.05, 4.69) is 19.2 Å². The maximum atomic E-state index is 14.0. The monoisotopic (exact) mass is 283 g/mol. The number of nitrogens with one attached hydrogen (secondary N) is 1. The molecule has 1 nitrogen and oxygen atoms in total. The summed E-state index contributed by atoms with van der Waals surface area (Å²) in [6, 6.07) is 5.58. The van der Waals surface area contributed by atoms with Crippen molar-refractivity contribution in [2.45, 2.75) is 45.6 Å². The Morgan fingerprint density at radius 2 is 2.21 bits per heavy atom. The molecule has 1 N–H and O–H groups in total. The van der Waals surface area contributed by atoms with Crippen molar-refractivity contribution in [1.29, 1.82) is 0 Å². The van der Waals surface area contributed by atoms with Gasteiger partial charge in [-0.1, -0.05) is 44.0 Å². The van der Waals surface area contributed by atoms with Crippen molar-refractivity contribution in [1.82, 2.24) is 5.32 Å². The zero-order valence-corrected chi connectivity index (χ0v) is 12.7. The van der Waals surface area contributed by atoms with Crippen LogP contribution in [0.1, 0.15) is 38.7 Å². The van der Waals surface area contributed by atoms with Crippen LogP contribution in [0.2, 0.25) is 5.02 Å². The summed E-state index contributed by atoms with van der Waals surface area (Å²) in [7, 11) is 1.97. The molecule has 0 radical (unpaired) electrons. The fourth-order valence-electron chi connectivity index (χ4n) is 3.49. The van der Waals surface area contributed by atoms with Crippen molar-refractivity contribution in [2.75, 3.05) is 7.05 Å². The summed E-state index contributed by atoms with van der Waals surface area (Å²) >= 11 is 5.86. The van der Waals surface area contributed by atoms with Crippen LogP contribution in [0.4, 0.5) is 4.39 Å². The van der Waals surface area contributed by atoms with Crippen molar-refractivity contribution >= 4 is 11.6 Å². The average molecular weight is 284 g/mol. The lowest BCUT2D eigenvalue weighted by Gasteiger charge is -2.34. The van der Waals surface area contributed by atoms with E-state index in [1.165, 1.54) is 19.3 Å². The third kappa shape index (κ3) is 3.11. The Kier molecular flexibility index (Phi) is 4.52. The number of benzene rings is 1. The average Bonchev–Trinajstić information content (AvgIpc) is 2.71. The molecule has 2 atom stereocenters. The number of hydrogen-bond donors (Lipinski definition) is 1. The molecule has 1 fully saturated rings. The minimum absolute atomic E-state index is 0.220. The number of hydrogen-bond acceptors (Lipinski definition) is 1. The highest BCUT2D eigenvalue weighted by molar-refractivity contribution is 6.30. The lowest BCUT2D eigenvalue weighted by Crippen LogP contribution is -2.40. The molecule has 1 saturated carbocycles. The smallest absolute Gasteiger partial charge is 0.145 e. The molecule has 3 heteroatoms. The van der Waals surface area contributed by atoms with Crippen LogP contribution in [-0.2, 0) is 6.42 Å². The highest BCUT2D eigenvalue weighted by Gasteiger charge is 2.39. The van der Waals surface area contributed by atoms with Crippen LogP contribution in [-0.4, -0.2) is 13.1 Å². The summed E-state index contributed by atoms with van der Waals surface area (Å²) in [6.07, 6.45) is 4.46. The van der Waals surface area contributed by atoms with Gasteiger partial charge in [-0.25, -0.2) is 4.39 Å². The van der Waals surface area contributed by atoms with Gasteiger partial charge < -0.3 is 5.32 Å². The van der Waals surface area contributed by atoms with Gasteiger partial charge in [-0.05, 0) is 49.3 Å². The molecule has 1 aromatic rings. The second-order valence-corrected chi connectivity index (χ2v) is 6.71. The molecule has 0 saturated heterocycles. The van der Waals surface area contributed by atoms with Crippen LogP contribution in [0, 0.1) is 17.2 Å². The highest BCUT2D eigenvalue weighted by atomic mass is 35.5. The van der Waals surface area contributed by atoms with Gasteiger partial charge in [-0.3, -0.25) is 0 Å². The first-order valence-electron chi connectivity index (χ1n) is 7.06. The topological polar surface area (TPSA) is 12.0 Å². The Balaban J connectivity index is 2.17. The van der Waals surface area contributed by atoms with Crippen LogP contribution in [0.25, 0.3) is 0 Å². The van der Waals surface area contributed by atoms with Crippen LogP contribution >= 0.6 is 11.6 Å². The first-order chi connectivity index (χ1) is 8.95. The van der Waals surface area contributed by atoms with Crippen molar-refractivity contribution in [2.24, 2.45) is 11.3 Å². The number of rotatable bonds is 4. The van der Waals surface area contributed by atoms with Crippen LogP contribution in [0.3, 0.4) is 0 Å². The summed E-state index contributed by atoms with van der Waals surface area (Å²) in [4.78, 5) is 0. The van der Waals surface area contributed by atoms with Crippen molar-refractivity contribution in [3.05, 3.63) is 34.6 Å². The predicted molar refractivity (Wildman–Crippen MR) is 79.1 cm³/mol. The van der Waals surface area contributed by atoms with Gasteiger partial charge >= 0.3 is 0 Å². The quantitative estimate of drug-likeness (QED) is 0.862. The molecule has 2 unspecified atom stereocenters. The fourth-order valence-corrected chi connectivity index (χ4v) is 3.68. The van der Waals surface area contributed by atoms with E-state index in [0.717, 1.165) is 5.56 Å². The van der Waals surface area contributed by atoms with Crippen LogP contribution in [0.15, 0.2) is 18.2 Å². The van der Waals surface area contributed by atoms with Gasteiger partial charge in [0.15, 0.2) is 0 Å². The molecule has 0 amide bonds. The van der Waals surface area contributed by atoms with E-state index in [0.29, 0.717) is 23.8 Å². The van der Waals surface area contributed by atoms with E-state index in [9.17, 15) is 4.39 Å². The molecule has 0 spiro atoms. The van der Waals surface area contributed by atoms with Gasteiger partial charge in [-0.15, -0.1) is 0 Å². The maximum Gasteiger partial charge on any atom is 0.145 e. The molecule has 19 heavy (non-hydrogen) atoms. The van der Waals surface area contributed by atoms with E-state index in [1.807, 2.05) is 19.2 Å². The summed E-state index contributed by atoms with van der Waals surface area (Å²) in [5.41, 5.74) is 1.05. The molecule has 0 aromatic heterocycles. The Hall–Kier alpha value is -0.600. The molecular weight excluding hydrogens is 261 g/mol. The van der Waals surface area contributed by atoms with Crippen molar-refractivity contribution in [3.63, 3.8) is 0 Å². The zero-order valence-electron chi connectivity index (χ0n) is 12.0. The summed E-state index contributed by atoms with van der Waals surface area (Å²) < 4.78 is 14.0. The number of likely N-dealkylation sites (N-methyl/N-ethyl adjacent to an activating group) is 1. The highest BCUT2D eigenvalue weighted by Crippen LogP contribution is 2.45. The summed E-state index contributed by atoms with van der Waals surface area (Å²) in [5, 5.41) is 3.61. The van der Waals surface area contributed by atoms with E-state index < -0.39 is 0 Å². The lowest BCUT2D eigenvalue weighted by molar-refractivity contribution is 0.201. The predicted octanol–water partition coefficient (Wildman–Crippen LogP) is 4.44. The summed E-state index contributed by atoms with van der Waals surface area (Å²) in [6.45, 7) is 4.65. The molecule has 106 valence electrons. The van der Waals surface area contributed by atoms with E-state index in [1.54, 1.807) is 6.07 Å². The first kappa shape index (κ1) is 14.8. The Labute approximate surface area is 120 Å². The second-order valence-electron chi connectivity index (χ2n) is 6.30. The van der Waals surface area contributed by atoms with Gasteiger partial charge in [0.05, 0.1) is 5.02 Å². The number of halogens is 2. The van der Waals surface area contributed by atoms with Gasteiger partial charge in [0.2, 0.25) is 0 Å².